The van der Waals surface area contributed by atoms with Crippen LogP contribution in [0.4, 0.5) is 0 Å². The minimum atomic E-state index is 0.0973. The number of aryl methyl sites for hydroxylation is 1. The van der Waals surface area contributed by atoms with Gasteiger partial charge in [0.15, 0.2) is 0 Å². The zero-order valence-corrected chi connectivity index (χ0v) is 10.0. The van der Waals surface area contributed by atoms with E-state index in [2.05, 4.69) is 0 Å². The lowest BCUT2D eigenvalue weighted by molar-refractivity contribution is 0.0255. The van der Waals surface area contributed by atoms with Gasteiger partial charge < -0.3 is 15.2 Å². The molecule has 0 amide bonds. The Morgan fingerprint density at radius 1 is 1.41 bits per heavy atom. The van der Waals surface area contributed by atoms with E-state index in [1.54, 1.807) is 0 Å². The molecule has 4 heteroatoms. The van der Waals surface area contributed by atoms with Gasteiger partial charge in [-0.3, -0.25) is 5.41 Å². The highest BCUT2D eigenvalue weighted by atomic mass is 16.5. The van der Waals surface area contributed by atoms with Crippen LogP contribution in [-0.2, 0) is 4.74 Å². The summed E-state index contributed by atoms with van der Waals surface area (Å²) in [4.78, 5) is 0. The van der Waals surface area contributed by atoms with Gasteiger partial charge in [0.25, 0.3) is 0 Å². The molecule has 1 heterocycles. The number of amidine groups is 1. The van der Waals surface area contributed by atoms with Crippen LogP contribution in [0.3, 0.4) is 0 Å². The van der Waals surface area contributed by atoms with Crippen molar-refractivity contribution in [3.05, 3.63) is 29.3 Å². The summed E-state index contributed by atoms with van der Waals surface area (Å²) in [5, 5.41) is 7.42. The first-order valence-corrected chi connectivity index (χ1v) is 5.86. The standard InChI is InChI=1S/C13H18N2O2/c1-9-8-11(2-3-12(9)13(14)15)17-10-4-6-16-7-5-10/h2-3,8,10H,4-7H2,1H3,(H3,14,15). The minimum Gasteiger partial charge on any atom is -0.490 e. The van der Waals surface area contributed by atoms with Gasteiger partial charge >= 0.3 is 0 Å². The van der Waals surface area contributed by atoms with Crippen molar-refractivity contribution in [1.82, 2.24) is 0 Å². The molecular weight excluding hydrogens is 216 g/mol. The highest BCUT2D eigenvalue weighted by molar-refractivity contribution is 5.96. The third-order valence-electron chi connectivity index (χ3n) is 2.96. The molecule has 0 saturated carbocycles. The van der Waals surface area contributed by atoms with Gasteiger partial charge in [0, 0.05) is 18.4 Å². The fraction of sp³-hybridized carbons (Fsp3) is 0.462. The molecule has 1 saturated heterocycles. The molecule has 0 bridgehead atoms. The highest BCUT2D eigenvalue weighted by Gasteiger charge is 2.15. The van der Waals surface area contributed by atoms with E-state index in [0.29, 0.717) is 0 Å². The fourth-order valence-electron chi connectivity index (χ4n) is 2.00. The first kappa shape index (κ1) is 11.9. The highest BCUT2D eigenvalue weighted by Crippen LogP contribution is 2.21. The number of rotatable bonds is 3. The predicted octanol–water partition coefficient (Wildman–Crippen LogP) is 1.84. The first-order valence-electron chi connectivity index (χ1n) is 5.86. The van der Waals surface area contributed by atoms with Gasteiger partial charge in [-0.15, -0.1) is 0 Å². The van der Waals surface area contributed by atoms with Crippen molar-refractivity contribution < 1.29 is 9.47 Å². The van der Waals surface area contributed by atoms with Gasteiger partial charge in [-0.25, -0.2) is 0 Å². The van der Waals surface area contributed by atoms with E-state index in [1.165, 1.54) is 0 Å². The number of nitrogens with one attached hydrogen (secondary N) is 1. The zero-order valence-electron chi connectivity index (χ0n) is 10.0. The molecule has 0 radical (unpaired) electrons. The third kappa shape index (κ3) is 2.97. The largest absolute Gasteiger partial charge is 0.490 e. The average Bonchev–Trinajstić information content (AvgIpc) is 2.30. The molecule has 0 atom stereocenters. The molecule has 17 heavy (non-hydrogen) atoms. The van der Waals surface area contributed by atoms with Crippen molar-refractivity contribution in [1.29, 1.82) is 5.41 Å². The van der Waals surface area contributed by atoms with Crippen molar-refractivity contribution in [2.24, 2.45) is 5.73 Å². The Morgan fingerprint density at radius 3 is 2.71 bits per heavy atom. The molecule has 1 aliphatic rings. The van der Waals surface area contributed by atoms with E-state index in [0.717, 1.165) is 42.9 Å². The Kier molecular flexibility index (Phi) is 3.64. The Hall–Kier alpha value is -1.55. The summed E-state index contributed by atoms with van der Waals surface area (Å²) in [5.41, 5.74) is 7.22. The second-order valence-corrected chi connectivity index (χ2v) is 4.32. The smallest absolute Gasteiger partial charge is 0.123 e. The maximum atomic E-state index is 7.42. The van der Waals surface area contributed by atoms with Gasteiger partial charge in [0.05, 0.1) is 13.2 Å². The van der Waals surface area contributed by atoms with E-state index in [9.17, 15) is 0 Å². The van der Waals surface area contributed by atoms with Crippen molar-refractivity contribution in [3.63, 3.8) is 0 Å². The molecule has 1 aliphatic heterocycles. The number of hydrogen-bond acceptors (Lipinski definition) is 3. The Morgan fingerprint density at radius 2 is 2.12 bits per heavy atom. The van der Waals surface area contributed by atoms with Crippen LogP contribution in [0.15, 0.2) is 18.2 Å². The second-order valence-electron chi connectivity index (χ2n) is 4.32. The van der Waals surface area contributed by atoms with E-state index in [4.69, 9.17) is 20.6 Å². The molecule has 3 N–H and O–H groups in total. The fourth-order valence-corrected chi connectivity index (χ4v) is 2.00. The van der Waals surface area contributed by atoms with Crippen LogP contribution in [0.1, 0.15) is 24.0 Å². The van der Waals surface area contributed by atoms with E-state index in [1.807, 2.05) is 25.1 Å². The van der Waals surface area contributed by atoms with Crippen LogP contribution in [0, 0.1) is 12.3 Å². The van der Waals surface area contributed by atoms with Gasteiger partial charge in [-0.05, 0) is 30.7 Å². The van der Waals surface area contributed by atoms with Gasteiger partial charge in [-0.2, -0.15) is 0 Å². The second kappa shape index (κ2) is 5.19. The summed E-state index contributed by atoms with van der Waals surface area (Å²) in [6, 6.07) is 5.65. The van der Waals surface area contributed by atoms with Crippen molar-refractivity contribution in [2.45, 2.75) is 25.9 Å². The summed E-state index contributed by atoms with van der Waals surface area (Å²) >= 11 is 0. The van der Waals surface area contributed by atoms with Gasteiger partial charge in [0.1, 0.15) is 17.7 Å². The molecule has 4 nitrogen and oxygen atoms in total. The Bertz CT molecular complexity index is 412. The number of nitrogen functional groups attached to an aromatic ring is 1. The molecule has 0 aromatic heterocycles. The quantitative estimate of drug-likeness (QED) is 0.619. The number of ether oxygens (including phenoxy) is 2. The molecule has 0 unspecified atom stereocenters. The topological polar surface area (TPSA) is 68.3 Å². The van der Waals surface area contributed by atoms with Crippen molar-refractivity contribution >= 4 is 5.84 Å². The van der Waals surface area contributed by atoms with Crippen LogP contribution in [0.5, 0.6) is 5.75 Å². The zero-order chi connectivity index (χ0) is 12.3. The summed E-state index contributed by atoms with van der Waals surface area (Å²) in [6.07, 6.45) is 2.12. The normalized spacial score (nSPS) is 16.8. The van der Waals surface area contributed by atoms with Crippen LogP contribution < -0.4 is 10.5 Å². The molecule has 1 aromatic carbocycles. The first-order chi connectivity index (χ1) is 8.16. The summed E-state index contributed by atoms with van der Waals surface area (Å²) in [6.45, 7) is 3.48. The third-order valence-corrected chi connectivity index (χ3v) is 2.96. The Labute approximate surface area is 101 Å². The van der Waals surface area contributed by atoms with Crippen LogP contribution in [-0.4, -0.2) is 25.2 Å². The lowest BCUT2D eigenvalue weighted by Crippen LogP contribution is -2.26. The number of nitrogens with two attached hydrogens (primary N) is 1. The molecule has 0 aliphatic carbocycles. The molecule has 1 aromatic rings. The number of hydrogen-bond donors (Lipinski definition) is 2. The summed E-state index contributed by atoms with van der Waals surface area (Å²) < 4.78 is 11.2. The molecular formula is C13H18N2O2. The van der Waals surface area contributed by atoms with Crippen molar-refractivity contribution in [3.8, 4) is 5.75 Å². The average molecular weight is 234 g/mol. The van der Waals surface area contributed by atoms with E-state index >= 15 is 0 Å². The molecule has 2 rings (SSSR count). The van der Waals surface area contributed by atoms with Crippen LogP contribution in [0.25, 0.3) is 0 Å². The van der Waals surface area contributed by atoms with Crippen LogP contribution in [0.2, 0.25) is 0 Å². The predicted molar refractivity (Wildman–Crippen MR) is 66.7 cm³/mol. The van der Waals surface area contributed by atoms with E-state index < -0.39 is 0 Å². The van der Waals surface area contributed by atoms with Crippen LogP contribution >= 0.6 is 0 Å². The minimum absolute atomic E-state index is 0.0973. The number of benzene rings is 1. The summed E-state index contributed by atoms with van der Waals surface area (Å²) in [5.74, 6) is 0.944. The molecule has 1 fully saturated rings. The van der Waals surface area contributed by atoms with Crippen molar-refractivity contribution in [2.75, 3.05) is 13.2 Å². The lowest BCUT2D eigenvalue weighted by atomic mass is 10.1. The molecule has 92 valence electrons. The Balaban J connectivity index is 2.06. The maximum Gasteiger partial charge on any atom is 0.123 e. The molecule has 0 spiro atoms. The van der Waals surface area contributed by atoms with Gasteiger partial charge in [-0.1, -0.05) is 0 Å². The lowest BCUT2D eigenvalue weighted by Gasteiger charge is -2.23. The van der Waals surface area contributed by atoms with E-state index in [-0.39, 0.29) is 11.9 Å². The monoisotopic (exact) mass is 234 g/mol. The summed E-state index contributed by atoms with van der Waals surface area (Å²) in [7, 11) is 0. The maximum absolute atomic E-state index is 7.42. The SMILES string of the molecule is Cc1cc(OC2CCOCC2)ccc1C(=N)N. The van der Waals surface area contributed by atoms with Gasteiger partial charge in [0.2, 0.25) is 0 Å².